The van der Waals surface area contributed by atoms with Crippen molar-refractivity contribution in [3.8, 4) is 0 Å². The Bertz CT molecular complexity index is 486. The molecule has 0 saturated heterocycles. The lowest BCUT2D eigenvalue weighted by molar-refractivity contribution is -0.139. The highest BCUT2D eigenvalue weighted by Gasteiger charge is 2.21. The number of carbonyl (C=O) groups excluding carboxylic acids is 2. The zero-order valence-electron chi connectivity index (χ0n) is 11.8. The summed E-state index contributed by atoms with van der Waals surface area (Å²) in [4.78, 5) is 40.6. The first-order valence-corrected chi connectivity index (χ1v) is 6.42. The topological polar surface area (TPSA) is 136 Å². The SMILES string of the molecule is CC(C)NC(=O)CNC(=O)N[C@@H](Cc1cnc[nH]1)C(=O)O. The van der Waals surface area contributed by atoms with Crippen molar-refractivity contribution in [3.05, 3.63) is 18.2 Å². The van der Waals surface area contributed by atoms with Gasteiger partial charge < -0.3 is 26.0 Å². The number of amides is 3. The van der Waals surface area contributed by atoms with Crippen molar-refractivity contribution in [2.75, 3.05) is 6.54 Å². The molecule has 0 saturated carbocycles. The van der Waals surface area contributed by atoms with Gasteiger partial charge in [0.25, 0.3) is 0 Å². The van der Waals surface area contributed by atoms with Gasteiger partial charge in [0.2, 0.25) is 5.91 Å². The van der Waals surface area contributed by atoms with E-state index in [0.717, 1.165) is 0 Å². The molecule has 116 valence electrons. The van der Waals surface area contributed by atoms with Crippen LogP contribution < -0.4 is 16.0 Å². The molecular weight excluding hydrogens is 278 g/mol. The van der Waals surface area contributed by atoms with Crippen molar-refractivity contribution in [2.24, 2.45) is 0 Å². The van der Waals surface area contributed by atoms with Crippen molar-refractivity contribution in [2.45, 2.75) is 32.4 Å². The smallest absolute Gasteiger partial charge is 0.326 e. The number of carboxylic acid groups (broad SMARTS) is 1. The molecule has 9 nitrogen and oxygen atoms in total. The number of imidazole rings is 1. The molecule has 1 heterocycles. The van der Waals surface area contributed by atoms with Crippen LogP contribution in [-0.4, -0.2) is 51.6 Å². The van der Waals surface area contributed by atoms with Gasteiger partial charge in [0.1, 0.15) is 6.04 Å². The number of hydrogen-bond donors (Lipinski definition) is 5. The van der Waals surface area contributed by atoms with Gasteiger partial charge in [0.15, 0.2) is 0 Å². The summed E-state index contributed by atoms with van der Waals surface area (Å²) in [5, 5.41) is 16.2. The van der Waals surface area contributed by atoms with Gasteiger partial charge >= 0.3 is 12.0 Å². The summed E-state index contributed by atoms with van der Waals surface area (Å²) in [6.45, 7) is 3.37. The predicted octanol–water partition coefficient (Wildman–Crippen LogP) is -0.771. The summed E-state index contributed by atoms with van der Waals surface area (Å²) in [7, 11) is 0. The Morgan fingerprint density at radius 1 is 1.33 bits per heavy atom. The van der Waals surface area contributed by atoms with Crippen molar-refractivity contribution in [3.63, 3.8) is 0 Å². The third-order valence-corrected chi connectivity index (χ3v) is 2.44. The molecule has 0 bridgehead atoms. The van der Waals surface area contributed by atoms with Gasteiger partial charge in [0.05, 0.1) is 12.9 Å². The summed E-state index contributed by atoms with van der Waals surface area (Å²) in [6.07, 6.45) is 2.97. The van der Waals surface area contributed by atoms with E-state index in [1.54, 1.807) is 13.8 Å². The van der Waals surface area contributed by atoms with Crippen molar-refractivity contribution >= 4 is 17.9 Å². The summed E-state index contributed by atoms with van der Waals surface area (Å²) < 4.78 is 0. The van der Waals surface area contributed by atoms with E-state index in [4.69, 9.17) is 5.11 Å². The predicted molar refractivity (Wildman–Crippen MR) is 73.5 cm³/mol. The number of carboxylic acids is 1. The first-order valence-electron chi connectivity index (χ1n) is 6.42. The molecule has 1 atom stereocenters. The van der Waals surface area contributed by atoms with Crippen molar-refractivity contribution in [1.82, 2.24) is 25.9 Å². The molecule has 3 amide bonds. The number of hydrogen-bond acceptors (Lipinski definition) is 4. The van der Waals surface area contributed by atoms with Crippen LogP contribution in [0.15, 0.2) is 12.5 Å². The largest absolute Gasteiger partial charge is 0.480 e. The monoisotopic (exact) mass is 297 g/mol. The maximum atomic E-state index is 11.6. The van der Waals surface area contributed by atoms with E-state index in [2.05, 4.69) is 25.9 Å². The van der Waals surface area contributed by atoms with Crippen LogP contribution in [0.1, 0.15) is 19.5 Å². The normalized spacial score (nSPS) is 11.8. The van der Waals surface area contributed by atoms with Crippen LogP contribution in [0.5, 0.6) is 0 Å². The quantitative estimate of drug-likeness (QED) is 0.450. The van der Waals surface area contributed by atoms with Crippen LogP contribution in [-0.2, 0) is 16.0 Å². The maximum absolute atomic E-state index is 11.6. The van der Waals surface area contributed by atoms with Crippen LogP contribution in [0.3, 0.4) is 0 Å². The molecule has 0 aliphatic carbocycles. The fraction of sp³-hybridized carbons (Fsp3) is 0.500. The lowest BCUT2D eigenvalue weighted by Crippen LogP contribution is -2.49. The van der Waals surface area contributed by atoms with E-state index >= 15 is 0 Å². The highest BCUT2D eigenvalue weighted by atomic mass is 16.4. The van der Waals surface area contributed by atoms with E-state index in [0.29, 0.717) is 5.69 Å². The number of rotatable bonds is 7. The molecule has 5 N–H and O–H groups in total. The Hall–Kier alpha value is -2.58. The van der Waals surface area contributed by atoms with Crippen LogP contribution in [0.25, 0.3) is 0 Å². The Morgan fingerprint density at radius 3 is 2.57 bits per heavy atom. The summed E-state index contributed by atoms with van der Waals surface area (Å²) in [5.41, 5.74) is 0.584. The van der Waals surface area contributed by atoms with Gasteiger partial charge in [0, 0.05) is 24.4 Å². The number of aliphatic carboxylic acids is 1. The molecule has 0 unspecified atom stereocenters. The fourth-order valence-corrected chi connectivity index (χ4v) is 1.56. The maximum Gasteiger partial charge on any atom is 0.326 e. The van der Waals surface area contributed by atoms with Crippen LogP contribution in [0.2, 0.25) is 0 Å². The second-order valence-electron chi connectivity index (χ2n) is 4.72. The number of H-pyrrole nitrogens is 1. The lowest BCUT2D eigenvalue weighted by Gasteiger charge is -2.14. The average Bonchev–Trinajstić information content (AvgIpc) is 2.87. The Morgan fingerprint density at radius 2 is 2.05 bits per heavy atom. The Labute approximate surface area is 121 Å². The minimum atomic E-state index is -1.17. The molecule has 0 aliphatic heterocycles. The minimum absolute atomic E-state index is 0.0329. The molecular formula is C12H19N5O4. The standard InChI is InChI=1S/C12H19N5O4/c1-7(2)16-10(18)5-14-12(21)17-9(11(19)20)3-8-4-13-6-15-8/h4,6-7,9H,3,5H2,1-2H3,(H,13,15)(H,16,18)(H,19,20)(H2,14,17,21)/t9-/m0/s1. The first-order chi connectivity index (χ1) is 9.88. The summed E-state index contributed by atoms with van der Waals surface area (Å²) in [6, 6.07) is -1.87. The molecule has 1 aromatic rings. The van der Waals surface area contributed by atoms with Crippen LogP contribution in [0, 0.1) is 0 Å². The van der Waals surface area contributed by atoms with Gasteiger partial charge in [-0.2, -0.15) is 0 Å². The average molecular weight is 297 g/mol. The molecule has 0 aromatic carbocycles. The number of nitrogens with one attached hydrogen (secondary N) is 4. The number of nitrogens with zero attached hydrogens (tertiary/aromatic N) is 1. The zero-order chi connectivity index (χ0) is 15.8. The van der Waals surface area contributed by atoms with E-state index in [1.165, 1.54) is 12.5 Å². The molecule has 0 fully saturated rings. The third kappa shape index (κ3) is 6.41. The first kappa shape index (κ1) is 16.5. The van der Waals surface area contributed by atoms with Gasteiger partial charge in [-0.15, -0.1) is 0 Å². The number of urea groups is 1. The van der Waals surface area contributed by atoms with E-state index in [1.807, 2.05) is 0 Å². The van der Waals surface area contributed by atoms with Gasteiger partial charge in [-0.25, -0.2) is 14.6 Å². The Kier molecular flexibility index (Phi) is 6.18. The molecule has 0 spiro atoms. The fourth-order valence-electron chi connectivity index (χ4n) is 1.56. The van der Waals surface area contributed by atoms with Gasteiger partial charge in [-0.1, -0.05) is 0 Å². The molecule has 0 radical (unpaired) electrons. The van der Waals surface area contributed by atoms with Crippen LogP contribution >= 0.6 is 0 Å². The summed E-state index contributed by atoms with van der Waals surface area (Å²) >= 11 is 0. The lowest BCUT2D eigenvalue weighted by atomic mass is 10.2. The van der Waals surface area contributed by atoms with E-state index in [9.17, 15) is 14.4 Å². The molecule has 1 aromatic heterocycles. The second-order valence-corrected chi connectivity index (χ2v) is 4.72. The molecule has 21 heavy (non-hydrogen) atoms. The third-order valence-electron chi connectivity index (χ3n) is 2.44. The minimum Gasteiger partial charge on any atom is -0.480 e. The van der Waals surface area contributed by atoms with Crippen molar-refractivity contribution in [1.29, 1.82) is 0 Å². The van der Waals surface area contributed by atoms with Gasteiger partial charge in [-0.3, -0.25) is 4.79 Å². The number of aromatic nitrogens is 2. The number of carbonyl (C=O) groups is 3. The zero-order valence-corrected chi connectivity index (χ0v) is 11.8. The molecule has 1 rings (SSSR count). The highest BCUT2D eigenvalue weighted by molar-refractivity contribution is 5.86. The molecule has 9 heteroatoms. The van der Waals surface area contributed by atoms with Gasteiger partial charge in [-0.05, 0) is 13.8 Å². The van der Waals surface area contributed by atoms with Crippen molar-refractivity contribution < 1.29 is 19.5 Å². The number of aromatic amines is 1. The second kappa shape index (κ2) is 7.88. The van der Waals surface area contributed by atoms with E-state index < -0.39 is 18.0 Å². The molecule has 0 aliphatic rings. The summed E-state index contributed by atoms with van der Waals surface area (Å²) in [5.74, 6) is -1.52. The Balaban J connectivity index is 2.42. The highest BCUT2D eigenvalue weighted by Crippen LogP contribution is 1.98. The van der Waals surface area contributed by atoms with Crippen LogP contribution in [0.4, 0.5) is 4.79 Å². The van der Waals surface area contributed by atoms with E-state index in [-0.39, 0.29) is 24.9 Å².